The lowest BCUT2D eigenvalue weighted by Gasteiger charge is -2.70. The average Bonchev–Trinajstić information content (AvgIpc) is 3.83. The number of carbonyl (C=O) groups excluding carboxylic acids is 1. The number of rotatable bonds is 13. The molecule has 11 rings (SSSR count). The predicted molar refractivity (Wildman–Crippen MR) is 242 cm³/mol. The van der Waals surface area contributed by atoms with E-state index in [1.807, 2.05) is 60.8 Å². The number of benzene rings is 2. The van der Waals surface area contributed by atoms with Gasteiger partial charge in [0, 0.05) is 47.6 Å². The Balaban J connectivity index is 0.974. The number of carbonyl (C=O) groups is 1. The van der Waals surface area contributed by atoms with E-state index in [9.17, 15) is 9.90 Å². The lowest BCUT2D eigenvalue weighted by molar-refractivity contribution is -0.198. The van der Waals surface area contributed by atoms with Gasteiger partial charge < -0.3 is 24.8 Å². The van der Waals surface area contributed by atoms with E-state index in [4.69, 9.17) is 29.6 Å². The van der Waals surface area contributed by atoms with E-state index in [-0.39, 0.29) is 29.7 Å². The van der Waals surface area contributed by atoms with Crippen molar-refractivity contribution in [1.29, 1.82) is 0 Å². The maximum Gasteiger partial charge on any atom is 0.358 e. The number of thiazole rings is 1. The van der Waals surface area contributed by atoms with Crippen LogP contribution in [0.15, 0.2) is 66.9 Å². The van der Waals surface area contributed by atoms with Crippen LogP contribution >= 0.6 is 11.3 Å². The summed E-state index contributed by atoms with van der Waals surface area (Å²) < 4.78 is 14.7. The predicted octanol–water partition coefficient (Wildman–Crippen LogP) is 10.3. The van der Waals surface area contributed by atoms with E-state index in [2.05, 4.69) is 53.8 Å². The van der Waals surface area contributed by atoms with Crippen molar-refractivity contribution < 1.29 is 19.4 Å². The van der Waals surface area contributed by atoms with Gasteiger partial charge in [0.05, 0.1) is 23.5 Å². The number of para-hydroxylation sites is 1. The van der Waals surface area contributed by atoms with Gasteiger partial charge >= 0.3 is 5.97 Å². The van der Waals surface area contributed by atoms with E-state index in [0.717, 1.165) is 87.1 Å². The number of aromatic nitrogens is 6. The zero-order valence-electron chi connectivity index (χ0n) is 36.5. The summed E-state index contributed by atoms with van der Waals surface area (Å²) >= 11 is 1.59. The summed E-state index contributed by atoms with van der Waals surface area (Å²) in [5.41, 5.74) is 7.72. The van der Waals surface area contributed by atoms with Gasteiger partial charge in [-0.2, -0.15) is 5.10 Å². The second-order valence-corrected chi connectivity index (χ2v) is 20.7. The van der Waals surface area contributed by atoms with Gasteiger partial charge in [0.25, 0.3) is 0 Å². The molecule has 2 unspecified atom stereocenters. The third kappa shape index (κ3) is 7.40. The van der Waals surface area contributed by atoms with E-state index >= 15 is 0 Å². The van der Waals surface area contributed by atoms with Crippen LogP contribution < -0.4 is 15.0 Å². The minimum absolute atomic E-state index is 0.0894. The second-order valence-electron chi connectivity index (χ2n) is 19.6. The molecule has 322 valence electrons. The quantitative estimate of drug-likeness (QED) is 0.107. The maximum absolute atomic E-state index is 14.3. The van der Waals surface area contributed by atoms with Gasteiger partial charge in [0.1, 0.15) is 18.2 Å². The highest BCUT2D eigenvalue weighted by Gasteiger charge is 2.65. The highest BCUT2D eigenvalue weighted by Crippen LogP contribution is 2.75. The molecule has 4 bridgehead atoms. The highest BCUT2D eigenvalue weighted by molar-refractivity contribution is 7.22. The Hall–Kier alpha value is -5.40. The molecule has 4 saturated carbocycles. The van der Waals surface area contributed by atoms with Crippen molar-refractivity contribution in [3.05, 3.63) is 94.9 Å². The smallest absolute Gasteiger partial charge is 0.358 e. The summed E-state index contributed by atoms with van der Waals surface area (Å²) in [6, 6.07) is 19.6. The highest BCUT2D eigenvalue weighted by atomic mass is 32.1. The molecule has 12 nitrogen and oxygen atoms in total. The second kappa shape index (κ2) is 15.4. The monoisotopic (exact) mass is 852 g/mol. The third-order valence-electron chi connectivity index (χ3n) is 14.3. The van der Waals surface area contributed by atoms with Crippen molar-refractivity contribution in [3.63, 3.8) is 0 Å². The molecule has 0 saturated heterocycles. The van der Waals surface area contributed by atoms with Gasteiger partial charge in [-0.25, -0.2) is 14.8 Å². The van der Waals surface area contributed by atoms with Crippen LogP contribution in [-0.4, -0.2) is 61.3 Å². The summed E-state index contributed by atoms with van der Waals surface area (Å²) in [5.74, 6) is 2.26. The Morgan fingerprint density at radius 3 is 2.44 bits per heavy atom. The largest absolute Gasteiger partial charge is 0.497 e. The minimum Gasteiger partial charge on any atom is -0.497 e. The van der Waals surface area contributed by atoms with Crippen molar-refractivity contribution >= 4 is 50.1 Å². The van der Waals surface area contributed by atoms with Crippen molar-refractivity contribution in [2.45, 2.75) is 105 Å². The zero-order chi connectivity index (χ0) is 42.9. The molecular weight excluding hydrogens is 797 g/mol. The van der Waals surface area contributed by atoms with Crippen LogP contribution in [0.2, 0.25) is 0 Å². The topological polar surface area (TPSA) is 140 Å². The van der Waals surface area contributed by atoms with Crippen LogP contribution in [0.5, 0.6) is 5.75 Å². The summed E-state index contributed by atoms with van der Waals surface area (Å²) in [5, 5.41) is 28.6. The Labute approximate surface area is 367 Å². The molecule has 1 aliphatic heterocycles. The van der Waals surface area contributed by atoms with Crippen LogP contribution in [0.1, 0.15) is 105 Å². The summed E-state index contributed by atoms with van der Waals surface area (Å²) in [4.78, 5) is 26.3. The Morgan fingerprint density at radius 2 is 1.68 bits per heavy atom. The first-order chi connectivity index (χ1) is 29.9. The zero-order valence-corrected chi connectivity index (χ0v) is 37.3. The number of ether oxygens (including phenoxy) is 2. The van der Waals surface area contributed by atoms with E-state index in [1.54, 1.807) is 18.4 Å². The molecule has 0 spiro atoms. The molecule has 5 aliphatic rings. The average molecular weight is 853 g/mol. The first-order valence-electron chi connectivity index (χ1n) is 22.1. The van der Waals surface area contributed by atoms with Crippen LogP contribution in [0, 0.1) is 35.5 Å². The first-order valence-corrected chi connectivity index (χ1v) is 22.9. The van der Waals surface area contributed by atoms with Crippen molar-refractivity contribution in [2.75, 3.05) is 30.5 Å². The lowest BCUT2D eigenvalue weighted by atomic mass is 9.35. The van der Waals surface area contributed by atoms with Crippen LogP contribution in [-0.2, 0) is 24.3 Å². The molecule has 2 N–H and O–H groups in total. The van der Waals surface area contributed by atoms with Gasteiger partial charge in [0.15, 0.2) is 22.5 Å². The molecule has 5 heterocycles. The summed E-state index contributed by atoms with van der Waals surface area (Å²) in [6.07, 6.45) is 13.0. The number of esters is 1. The van der Waals surface area contributed by atoms with Crippen molar-refractivity contribution in [1.82, 2.24) is 29.9 Å². The Bertz CT molecular complexity index is 2620. The minimum atomic E-state index is -0.507. The molecule has 6 aromatic rings. The fourth-order valence-electron chi connectivity index (χ4n) is 13.1. The summed E-state index contributed by atoms with van der Waals surface area (Å²) in [6.45, 7) is 11.1. The molecule has 4 fully saturated rings. The van der Waals surface area contributed by atoms with Crippen LogP contribution in [0.4, 0.5) is 22.6 Å². The molecule has 4 aliphatic carbocycles. The fourth-order valence-corrected chi connectivity index (χ4v) is 14.0. The third-order valence-corrected chi connectivity index (χ3v) is 15.3. The van der Waals surface area contributed by atoms with E-state index in [0.29, 0.717) is 34.6 Å². The number of nitrogens with one attached hydrogen (secondary N) is 1. The molecule has 62 heavy (non-hydrogen) atoms. The SMILES string of the molecule is COc1ccc(COC(=O)c2nc(N3CCCc4c3nnc(Nc3nc5ccccc5s3)c4C)ccc2-c2cnn(CC34CC5(C)CC(C)(CC(CCCO)(C5)C3)C4)c2C)cc1. The van der Waals surface area contributed by atoms with Crippen LogP contribution in [0.25, 0.3) is 21.3 Å². The van der Waals surface area contributed by atoms with E-state index < -0.39 is 5.97 Å². The molecule has 2 aromatic carbocycles. The molecule has 13 heteroatoms. The number of methoxy groups -OCH3 is 1. The van der Waals surface area contributed by atoms with Gasteiger partial charge in [-0.3, -0.25) is 4.68 Å². The number of hydrogen-bond acceptors (Lipinski definition) is 12. The molecule has 4 aromatic heterocycles. The van der Waals surface area contributed by atoms with Gasteiger partial charge in [-0.15, -0.1) is 10.2 Å². The van der Waals surface area contributed by atoms with Crippen LogP contribution in [0.3, 0.4) is 0 Å². The Morgan fingerprint density at radius 1 is 0.903 bits per heavy atom. The van der Waals surface area contributed by atoms with E-state index in [1.165, 1.54) is 38.5 Å². The van der Waals surface area contributed by atoms with Gasteiger partial charge in [-0.05, 0) is 142 Å². The summed E-state index contributed by atoms with van der Waals surface area (Å²) in [7, 11) is 1.63. The lowest BCUT2D eigenvalue weighted by Crippen LogP contribution is -2.60. The number of fused-ring (bicyclic) bond motifs is 2. The number of aliphatic hydroxyl groups excluding tert-OH is 1. The molecule has 0 radical (unpaired) electrons. The maximum atomic E-state index is 14.3. The first kappa shape index (κ1) is 40.7. The van der Waals surface area contributed by atoms with Crippen molar-refractivity contribution in [2.24, 2.45) is 21.7 Å². The standard InChI is InChI=1S/C49H56N8O4S/c1-31-35-10-8-20-56(43(35)55-54-42(31)53-45-51-38-11-6-7-12-39(38)62-45)40-18-17-36(41(52-40)44(59)61-23-33-13-15-34(60-5)16-14-33)37-22-50-57(32(37)2)30-49-27-46(3)24-47(4,28-49)26-48(25-46,29-49)19-9-21-58/h6-7,11-18,22,58H,8-10,19-21,23-30H2,1-5H3,(H,51,53,54). The number of anilines is 4. The molecule has 2 atom stereocenters. The van der Waals surface area contributed by atoms with Gasteiger partial charge in [0.2, 0.25) is 0 Å². The number of pyridine rings is 1. The molecule has 0 amide bonds. The number of aliphatic hydroxyl groups is 1. The molecular formula is C49H56N8O4S. The normalized spacial score (nSPS) is 25.0. The fraction of sp³-hybridized carbons (Fsp3) is 0.469. The number of nitrogens with zero attached hydrogens (tertiary/aromatic N) is 7. The Kier molecular flexibility index (Phi) is 10.1. The van der Waals surface area contributed by atoms with Crippen molar-refractivity contribution in [3.8, 4) is 16.9 Å². The van der Waals surface area contributed by atoms with Gasteiger partial charge in [-0.1, -0.05) is 49.4 Å². The number of hydrogen-bond donors (Lipinski definition) is 2.